The molecule has 5 nitrogen and oxygen atoms in total. The topological polar surface area (TPSA) is 48.5 Å². The number of alkyl halides is 3. The van der Waals surface area contributed by atoms with Crippen molar-refractivity contribution in [1.29, 1.82) is 0 Å². The molecule has 0 unspecified atom stereocenters. The van der Waals surface area contributed by atoms with Gasteiger partial charge in [0.1, 0.15) is 5.82 Å². The number of aromatic nitrogens is 1. The third kappa shape index (κ3) is 4.19. The van der Waals surface area contributed by atoms with Crippen molar-refractivity contribution in [3.63, 3.8) is 0 Å². The largest absolute Gasteiger partial charge is 0.416 e. The Morgan fingerprint density at radius 1 is 1.12 bits per heavy atom. The highest BCUT2D eigenvalue weighted by atomic mass is 35.5. The van der Waals surface area contributed by atoms with Crippen molar-refractivity contribution in [2.45, 2.75) is 6.18 Å². The van der Waals surface area contributed by atoms with Crippen molar-refractivity contribution in [3.05, 3.63) is 53.2 Å². The second-order valence-electron chi connectivity index (χ2n) is 5.78. The molecule has 1 aromatic carbocycles. The number of carbonyl (C=O) groups is 1. The predicted molar refractivity (Wildman–Crippen MR) is 93.5 cm³/mol. The molecular formula is C17H16ClF3N4O. The SMILES string of the molecule is O=C(Nc1cc(C(F)(F)F)ccc1Cl)N1CCN(c2ccccn2)CC1. The zero-order valence-electron chi connectivity index (χ0n) is 13.6. The van der Waals surface area contributed by atoms with Gasteiger partial charge in [-0.25, -0.2) is 9.78 Å². The summed E-state index contributed by atoms with van der Waals surface area (Å²) in [5, 5.41) is 2.52. The van der Waals surface area contributed by atoms with Crippen LogP contribution in [0.5, 0.6) is 0 Å². The average molecular weight is 385 g/mol. The summed E-state index contributed by atoms with van der Waals surface area (Å²) < 4.78 is 38.5. The van der Waals surface area contributed by atoms with Gasteiger partial charge < -0.3 is 15.1 Å². The molecule has 1 fully saturated rings. The molecule has 1 N–H and O–H groups in total. The number of hydrogen-bond donors (Lipinski definition) is 1. The van der Waals surface area contributed by atoms with Gasteiger partial charge in [0, 0.05) is 32.4 Å². The van der Waals surface area contributed by atoms with E-state index >= 15 is 0 Å². The number of nitrogens with one attached hydrogen (secondary N) is 1. The number of piperazine rings is 1. The first-order chi connectivity index (χ1) is 12.3. The molecule has 9 heteroatoms. The first kappa shape index (κ1) is 18.3. The van der Waals surface area contributed by atoms with Crippen LogP contribution in [0.3, 0.4) is 0 Å². The minimum absolute atomic E-state index is 0.0541. The van der Waals surface area contributed by atoms with Crippen LogP contribution in [0.15, 0.2) is 42.6 Å². The molecular weight excluding hydrogens is 369 g/mol. The molecule has 0 bridgehead atoms. The highest BCUT2D eigenvalue weighted by Crippen LogP contribution is 2.34. The summed E-state index contributed by atoms with van der Waals surface area (Å²) in [6, 6.07) is 7.96. The minimum Gasteiger partial charge on any atom is -0.353 e. The van der Waals surface area contributed by atoms with E-state index in [-0.39, 0.29) is 10.7 Å². The summed E-state index contributed by atoms with van der Waals surface area (Å²) in [7, 11) is 0. The van der Waals surface area contributed by atoms with E-state index in [0.29, 0.717) is 26.2 Å². The van der Waals surface area contributed by atoms with Crippen LogP contribution < -0.4 is 10.2 Å². The molecule has 0 saturated carbocycles. The van der Waals surface area contributed by atoms with Gasteiger partial charge in [0.05, 0.1) is 16.3 Å². The third-order valence-corrected chi connectivity index (χ3v) is 4.41. The maximum absolute atomic E-state index is 12.8. The van der Waals surface area contributed by atoms with E-state index in [1.165, 1.54) is 4.90 Å². The lowest BCUT2D eigenvalue weighted by Gasteiger charge is -2.35. The van der Waals surface area contributed by atoms with E-state index in [1.54, 1.807) is 6.20 Å². The lowest BCUT2D eigenvalue weighted by atomic mass is 10.2. The van der Waals surface area contributed by atoms with Gasteiger partial charge >= 0.3 is 12.2 Å². The summed E-state index contributed by atoms with van der Waals surface area (Å²) in [6.07, 6.45) is -2.80. The van der Waals surface area contributed by atoms with Gasteiger partial charge in [0.2, 0.25) is 0 Å². The van der Waals surface area contributed by atoms with Crippen LogP contribution in [0.1, 0.15) is 5.56 Å². The molecule has 1 aliphatic heterocycles. The fourth-order valence-electron chi connectivity index (χ4n) is 2.67. The Bertz CT molecular complexity index is 777. The molecule has 26 heavy (non-hydrogen) atoms. The molecule has 3 rings (SSSR count). The third-order valence-electron chi connectivity index (χ3n) is 4.08. The number of pyridine rings is 1. The van der Waals surface area contributed by atoms with Crippen LogP contribution in [0.2, 0.25) is 5.02 Å². The molecule has 2 heterocycles. The monoisotopic (exact) mass is 384 g/mol. The minimum atomic E-state index is -4.50. The van der Waals surface area contributed by atoms with Crippen molar-refractivity contribution in [2.24, 2.45) is 0 Å². The van der Waals surface area contributed by atoms with E-state index < -0.39 is 17.8 Å². The molecule has 2 amide bonds. The van der Waals surface area contributed by atoms with Crippen molar-refractivity contribution in [3.8, 4) is 0 Å². The predicted octanol–water partition coefficient (Wildman–Crippen LogP) is 4.11. The molecule has 1 saturated heterocycles. The van der Waals surface area contributed by atoms with E-state index in [0.717, 1.165) is 24.0 Å². The van der Waals surface area contributed by atoms with Crippen molar-refractivity contribution < 1.29 is 18.0 Å². The van der Waals surface area contributed by atoms with Gasteiger partial charge in [-0.1, -0.05) is 17.7 Å². The van der Waals surface area contributed by atoms with Gasteiger partial charge in [0.15, 0.2) is 0 Å². The normalized spacial score (nSPS) is 15.1. The Morgan fingerprint density at radius 3 is 2.46 bits per heavy atom. The number of anilines is 2. The number of hydrogen-bond acceptors (Lipinski definition) is 3. The van der Waals surface area contributed by atoms with Crippen LogP contribution in [-0.2, 0) is 6.18 Å². The second-order valence-corrected chi connectivity index (χ2v) is 6.19. The number of amides is 2. The molecule has 0 spiro atoms. The quantitative estimate of drug-likeness (QED) is 0.847. The highest BCUT2D eigenvalue weighted by Gasteiger charge is 2.31. The molecule has 2 aromatic rings. The number of urea groups is 1. The highest BCUT2D eigenvalue weighted by molar-refractivity contribution is 6.33. The number of carbonyl (C=O) groups excluding carboxylic acids is 1. The molecule has 138 valence electrons. The van der Waals surface area contributed by atoms with E-state index in [1.807, 2.05) is 23.1 Å². The number of rotatable bonds is 2. The summed E-state index contributed by atoms with van der Waals surface area (Å²) in [5.74, 6) is 0.827. The number of nitrogens with zero attached hydrogens (tertiary/aromatic N) is 3. The van der Waals surface area contributed by atoms with E-state index in [9.17, 15) is 18.0 Å². The summed E-state index contributed by atoms with van der Waals surface area (Å²) in [4.78, 5) is 20.2. The second kappa shape index (κ2) is 7.41. The summed E-state index contributed by atoms with van der Waals surface area (Å²) in [5.41, 5.74) is -0.921. The zero-order valence-corrected chi connectivity index (χ0v) is 14.4. The van der Waals surface area contributed by atoms with E-state index in [2.05, 4.69) is 10.3 Å². The zero-order chi connectivity index (χ0) is 18.7. The Balaban J connectivity index is 1.63. The van der Waals surface area contributed by atoms with Gasteiger partial charge in [-0.3, -0.25) is 0 Å². The fraction of sp³-hybridized carbons (Fsp3) is 0.294. The molecule has 1 aliphatic rings. The van der Waals surface area contributed by atoms with Crippen LogP contribution in [0, 0.1) is 0 Å². The lowest BCUT2D eigenvalue weighted by molar-refractivity contribution is -0.137. The Labute approximate surface area is 153 Å². The summed E-state index contributed by atoms with van der Waals surface area (Å²) >= 11 is 5.92. The molecule has 0 radical (unpaired) electrons. The average Bonchev–Trinajstić information content (AvgIpc) is 2.63. The van der Waals surface area contributed by atoms with Crippen molar-refractivity contribution in [2.75, 3.05) is 36.4 Å². The van der Waals surface area contributed by atoms with Gasteiger partial charge in [-0.05, 0) is 30.3 Å². The van der Waals surface area contributed by atoms with Gasteiger partial charge in [-0.15, -0.1) is 0 Å². The van der Waals surface area contributed by atoms with Crippen LogP contribution >= 0.6 is 11.6 Å². The maximum atomic E-state index is 12.8. The first-order valence-electron chi connectivity index (χ1n) is 7.93. The fourth-order valence-corrected chi connectivity index (χ4v) is 2.84. The van der Waals surface area contributed by atoms with Crippen LogP contribution in [0.25, 0.3) is 0 Å². The molecule has 0 atom stereocenters. The van der Waals surface area contributed by atoms with Gasteiger partial charge in [-0.2, -0.15) is 13.2 Å². The summed E-state index contributed by atoms with van der Waals surface area (Å²) in [6.45, 7) is 2.03. The smallest absolute Gasteiger partial charge is 0.353 e. The number of benzene rings is 1. The number of halogens is 4. The lowest BCUT2D eigenvalue weighted by Crippen LogP contribution is -2.50. The Kier molecular flexibility index (Phi) is 5.22. The van der Waals surface area contributed by atoms with E-state index in [4.69, 9.17) is 11.6 Å². The molecule has 0 aliphatic carbocycles. The Morgan fingerprint density at radius 2 is 1.85 bits per heavy atom. The van der Waals surface area contributed by atoms with Crippen LogP contribution in [-0.4, -0.2) is 42.1 Å². The maximum Gasteiger partial charge on any atom is 0.416 e. The van der Waals surface area contributed by atoms with Gasteiger partial charge in [0.25, 0.3) is 0 Å². The first-order valence-corrected chi connectivity index (χ1v) is 8.31. The standard InChI is InChI=1S/C17H16ClF3N4O/c18-13-5-4-12(17(19,20)21)11-14(13)23-16(26)25-9-7-24(8-10-25)15-3-1-2-6-22-15/h1-6,11H,7-10H2,(H,23,26). The Hall–Kier alpha value is -2.48. The van der Waals surface area contributed by atoms with Crippen molar-refractivity contribution >= 4 is 29.1 Å². The van der Waals surface area contributed by atoms with Crippen molar-refractivity contribution in [1.82, 2.24) is 9.88 Å². The van der Waals surface area contributed by atoms with Crippen LogP contribution in [0.4, 0.5) is 29.5 Å². The molecule has 1 aromatic heterocycles.